The summed E-state index contributed by atoms with van der Waals surface area (Å²) in [5.41, 5.74) is 6.23. The topological polar surface area (TPSA) is 81.8 Å². The number of aliphatic hydroxyl groups is 1. The summed E-state index contributed by atoms with van der Waals surface area (Å²) in [6.45, 7) is 0.217. The summed E-state index contributed by atoms with van der Waals surface area (Å²) >= 11 is 1.49. The number of methoxy groups -OCH3 is 1. The molecule has 106 valence electrons. The van der Waals surface area contributed by atoms with E-state index in [1.165, 1.54) is 18.9 Å². The number of aliphatic hydroxyl groups excluding tert-OH is 1. The van der Waals surface area contributed by atoms with Crippen molar-refractivity contribution in [2.24, 2.45) is 0 Å². The molecule has 0 aliphatic heterocycles. The van der Waals surface area contributed by atoms with E-state index >= 15 is 0 Å². The Kier molecular flexibility index (Phi) is 7.14. The van der Waals surface area contributed by atoms with Crippen molar-refractivity contribution in [2.45, 2.75) is 12.5 Å². The molecule has 0 radical (unpaired) electrons. The van der Waals surface area contributed by atoms with Crippen LogP contribution in [0.1, 0.15) is 6.42 Å². The molecule has 0 amide bonds. The maximum absolute atomic E-state index is 10.9. The second kappa shape index (κ2) is 8.66. The number of ether oxygens (including phenoxy) is 2. The molecule has 0 aromatic heterocycles. The zero-order chi connectivity index (χ0) is 14.1. The Hall–Kier alpha value is -1.40. The fraction of sp³-hybridized carbons (Fsp3) is 0.462. The van der Waals surface area contributed by atoms with Gasteiger partial charge in [-0.2, -0.15) is 11.8 Å². The maximum Gasteiger partial charge on any atom is 0.306 e. The zero-order valence-corrected chi connectivity index (χ0v) is 11.7. The zero-order valence-electron chi connectivity index (χ0n) is 10.9. The summed E-state index contributed by atoms with van der Waals surface area (Å²) < 4.78 is 9.93. The number of thioether (sulfide) groups is 1. The number of anilines is 1. The predicted octanol–water partition coefficient (Wildman–Crippen LogP) is 1.30. The highest BCUT2D eigenvalue weighted by Crippen LogP contribution is 2.14. The van der Waals surface area contributed by atoms with Gasteiger partial charge in [-0.15, -0.1) is 0 Å². The van der Waals surface area contributed by atoms with Gasteiger partial charge in [-0.05, 0) is 24.3 Å². The molecule has 0 saturated heterocycles. The highest BCUT2D eigenvalue weighted by Gasteiger charge is 2.07. The van der Waals surface area contributed by atoms with Crippen LogP contribution in [0, 0.1) is 0 Å². The van der Waals surface area contributed by atoms with Crippen LogP contribution in [0.25, 0.3) is 0 Å². The van der Waals surface area contributed by atoms with Gasteiger partial charge in [0.15, 0.2) is 0 Å². The largest absolute Gasteiger partial charge is 0.491 e. The van der Waals surface area contributed by atoms with Gasteiger partial charge in [0.1, 0.15) is 12.4 Å². The molecule has 19 heavy (non-hydrogen) atoms. The molecular weight excluding hydrogens is 266 g/mol. The van der Waals surface area contributed by atoms with E-state index in [4.69, 9.17) is 10.5 Å². The number of rotatable bonds is 8. The molecule has 0 bridgehead atoms. The monoisotopic (exact) mass is 285 g/mol. The summed E-state index contributed by atoms with van der Waals surface area (Å²) in [6, 6.07) is 7.00. The first kappa shape index (κ1) is 15.7. The Bertz CT molecular complexity index is 383. The smallest absolute Gasteiger partial charge is 0.306 e. The van der Waals surface area contributed by atoms with Crippen LogP contribution in [-0.2, 0) is 9.53 Å². The van der Waals surface area contributed by atoms with Crippen LogP contribution < -0.4 is 10.5 Å². The summed E-state index contributed by atoms with van der Waals surface area (Å²) in [6.07, 6.45) is -0.215. The molecule has 0 heterocycles. The lowest BCUT2D eigenvalue weighted by molar-refractivity contribution is -0.140. The molecule has 5 nitrogen and oxygen atoms in total. The number of nitrogens with two attached hydrogens (primary N) is 1. The molecule has 1 aromatic rings. The second-order valence-corrected chi connectivity index (χ2v) is 5.08. The van der Waals surface area contributed by atoms with Crippen molar-refractivity contribution in [3.05, 3.63) is 24.3 Å². The third kappa shape index (κ3) is 6.93. The van der Waals surface area contributed by atoms with Crippen LogP contribution in [0.2, 0.25) is 0 Å². The molecule has 0 spiro atoms. The number of esters is 1. The molecule has 1 aromatic carbocycles. The number of hydrogen-bond donors (Lipinski definition) is 2. The first-order valence-electron chi connectivity index (χ1n) is 5.92. The molecule has 6 heteroatoms. The van der Waals surface area contributed by atoms with Crippen LogP contribution in [-0.4, -0.2) is 42.4 Å². The lowest BCUT2D eigenvalue weighted by atomic mass is 10.3. The molecule has 1 rings (SSSR count). The Labute approximate surface area is 117 Å². The summed E-state index contributed by atoms with van der Waals surface area (Å²) in [4.78, 5) is 10.9. The van der Waals surface area contributed by atoms with E-state index in [0.29, 0.717) is 29.4 Å². The highest BCUT2D eigenvalue weighted by atomic mass is 32.2. The van der Waals surface area contributed by atoms with E-state index < -0.39 is 6.10 Å². The van der Waals surface area contributed by atoms with Crippen molar-refractivity contribution >= 4 is 23.4 Å². The van der Waals surface area contributed by atoms with Crippen molar-refractivity contribution in [1.82, 2.24) is 0 Å². The van der Waals surface area contributed by atoms with Gasteiger partial charge in [-0.1, -0.05) is 0 Å². The van der Waals surface area contributed by atoms with Gasteiger partial charge in [0, 0.05) is 17.2 Å². The number of carbonyl (C=O) groups excluding carboxylic acids is 1. The van der Waals surface area contributed by atoms with E-state index in [9.17, 15) is 9.90 Å². The number of carbonyl (C=O) groups is 1. The van der Waals surface area contributed by atoms with E-state index in [1.54, 1.807) is 24.3 Å². The molecule has 0 aliphatic carbocycles. The third-order valence-corrected chi connectivity index (χ3v) is 3.42. The van der Waals surface area contributed by atoms with Gasteiger partial charge in [0.25, 0.3) is 0 Å². The Morgan fingerprint density at radius 3 is 2.74 bits per heavy atom. The van der Waals surface area contributed by atoms with Gasteiger partial charge >= 0.3 is 5.97 Å². The minimum absolute atomic E-state index is 0.217. The lowest BCUT2D eigenvalue weighted by Gasteiger charge is -2.12. The first-order valence-corrected chi connectivity index (χ1v) is 7.08. The Balaban J connectivity index is 2.12. The summed E-state index contributed by atoms with van der Waals surface area (Å²) in [5, 5.41) is 9.70. The predicted molar refractivity (Wildman–Crippen MR) is 76.3 cm³/mol. The third-order valence-electron chi connectivity index (χ3n) is 2.31. The molecule has 0 aliphatic rings. The van der Waals surface area contributed by atoms with Gasteiger partial charge in [-0.25, -0.2) is 0 Å². The van der Waals surface area contributed by atoms with Crippen molar-refractivity contribution in [1.29, 1.82) is 0 Å². The van der Waals surface area contributed by atoms with Crippen molar-refractivity contribution < 1.29 is 19.4 Å². The van der Waals surface area contributed by atoms with Crippen LogP contribution >= 0.6 is 11.8 Å². The van der Waals surface area contributed by atoms with E-state index in [1.807, 2.05) is 0 Å². The van der Waals surface area contributed by atoms with Gasteiger partial charge in [0.05, 0.1) is 19.6 Å². The quantitative estimate of drug-likeness (QED) is 0.426. The molecule has 1 unspecified atom stereocenters. The summed E-state index contributed by atoms with van der Waals surface area (Å²) in [5.74, 6) is 1.59. The Morgan fingerprint density at radius 1 is 1.42 bits per heavy atom. The number of hydrogen-bond acceptors (Lipinski definition) is 6. The van der Waals surface area contributed by atoms with Crippen LogP contribution in [0.4, 0.5) is 5.69 Å². The normalized spacial score (nSPS) is 11.9. The van der Waals surface area contributed by atoms with Crippen LogP contribution in [0.3, 0.4) is 0 Å². The fourth-order valence-electron chi connectivity index (χ4n) is 1.28. The van der Waals surface area contributed by atoms with Crippen LogP contribution in [0.15, 0.2) is 24.3 Å². The maximum atomic E-state index is 10.9. The summed E-state index contributed by atoms with van der Waals surface area (Å²) in [7, 11) is 1.36. The van der Waals surface area contributed by atoms with E-state index in [0.717, 1.165) is 0 Å². The first-order chi connectivity index (χ1) is 9.11. The molecule has 1 atom stereocenters. The van der Waals surface area contributed by atoms with Gasteiger partial charge in [0.2, 0.25) is 0 Å². The highest BCUT2D eigenvalue weighted by molar-refractivity contribution is 7.99. The molecule has 3 N–H and O–H groups in total. The Morgan fingerprint density at radius 2 is 2.11 bits per heavy atom. The van der Waals surface area contributed by atoms with Crippen molar-refractivity contribution in [3.8, 4) is 5.75 Å². The molecule has 0 fully saturated rings. The van der Waals surface area contributed by atoms with Crippen LogP contribution in [0.5, 0.6) is 5.75 Å². The number of nitrogen functional groups attached to an aromatic ring is 1. The van der Waals surface area contributed by atoms with E-state index in [2.05, 4.69) is 4.74 Å². The van der Waals surface area contributed by atoms with Gasteiger partial charge in [-0.3, -0.25) is 4.79 Å². The average molecular weight is 285 g/mol. The SMILES string of the molecule is COC(=O)CCSCC(O)COc1ccc(N)cc1. The minimum atomic E-state index is -0.569. The standard InChI is InChI=1S/C13H19NO4S/c1-17-13(16)6-7-19-9-11(15)8-18-12-4-2-10(14)3-5-12/h2-5,11,15H,6-9,14H2,1H3. The number of benzene rings is 1. The molecule has 0 saturated carbocycles. The van der Waals surface area contributed by atoms with Crippen molar-refractivity contribution in [2.75, 3.05) is 31.0 Å². The van der Waals surface area contributed by atoms with Crippen molar-refractivity contribution in [3.63, 3.8) is 0 Å². The fourth-order valence-corrected chi connectivity index (χ4v) is 2.13. The van der Waals surface area contributed by atoms with E-state index in [-0.39, 0.29) is 12.6 Å². The van der Waals surface area contributed by atoms with Gasteiger partial charge < -0.3 is 20.3 Å². The average Bonchev–Trinajstić information content (AvgIpc) is 2.42. The lowest BCUT2D eigenvalue weighted by Crippen LogP contribution is -2.20. The molecular formula is C13H19NO4S. The minimum Gasteiger partial charge on any atom is -0.491 e. The second-order valence-electron chi connectivity index (χ2n) is 3.93.